The number of carbonyl (C=O) groups excluding carboxylic acids is 1. The maximum atomic E-state index is 12.0. The summed E-state index contributed by atoms with van der Waals surface area (Å²) in [6.07, 6.45) is 2.57. The first kappa shape index (κ1) is 19.8. The van der Waals surface area contributed by atoms with E-state index in [0.29, 0.717) is 19.1 Å². The smallest absolute Gasteiger partial charge is 0.223 e. The molecule has 0 aromatic heterocycles. The molecule has 0 spiro atoms. The van der Waals surface area contributed by atoms with Crippen LogP contribution in [0.4, 0.5) is 0 Å². The van der Waals surface area contributed by atoms with Crippen LogP contribution in [-0.2, 0) is 4.79 Å². The Balaban J connectivity index is 0.00000264. The Bertz CT molecular complexity index is 534. The number of halogens is 1. The molecule has 4 nitrogen and oxygen atoms in total. The molecule has 1 fully saturated rings. The van der Waals surface area contributed by atoms with Crippen molar-refractivity contribution in [2.75, 3.05) is 13.2 Å². The first-order valence-corrected chi connectivity index (χ1v) is 8.21. The second-order valence-electron chi connectivity index (χ2n) is 6.36. The van der Waals surface area contributed by atoms with Gasteiger partial charge in [-0.05, 0) is 69.8 Å². The Morgan fingerprint density at radius 2 is 2.09 bits per heavy atom. The van der Waals surface area contributed by atoms with E-state index in [0.717, 1.165) is 30.7 Å². The molecule has 1 aliphatic rings. The van der Waals surface area contributed by atoms with E-state index in [1.165, 1.54) is 11.1 Å². The zero-order valence-electron chi connectivity index (χ0n) is 14.6. The van der Waals surface area contributed by atoms with Crippen molar-refractivity contribution in [1.29, 1.82) is 0 Å². The minimum absolute atomic E-state index is 0. The molecule has 130 valence electrons. The van der Waals surface area contributed by atoms with Gasteiger partial charge < -0.3 is 15.4 Å². The zero-order valence-corrected chi connectivity index (χ0v) is 15.4. The number of piperidine rings is 1. The fourth-order valence-corrected chi connectivity index (χ4v) is 2.92. The zero-order chi connectivity index (χ0) is 16.1. The number of aryl methyl sites for hydroxylation is 2. The van der Waals surface area contributed by atoms with Crippen LogP contribution < -0.4 is 15.4 Å². The molecule has 1 aliphatic heterocycles. The number of carbonyl (C=O) groups is 1. The van der Waals surface area contributed by atoms with Gasteiger partial charge in [0.05, 0.1) is 13.0 Å². The summed E-state index contributed by atoms with van der Waals surface area (Å²) in [7, 11) is 0. The number of benzene rings is 1. The van der Waals surface area contributed by atoms with Crippen LogP contribution in [-0.4, -0.2) is 31.1 Å². The summed E-state index contributed by atoms with van der Waals surface area (Å²) >= 11 is 0. The van der Waals surface area contributed by atoms with Crippen molar-refractivity contribution in [3.05, 3.63) is 28.8 Å². The lowest BCUT2D eigenvalue weighted by Crippen LogP contribution is -2.52. The highest BCUT2D eigenvalue weighted by Crippen LogP contribution is 2.23. The predicted octanol–water partition coefficient (Wildman–Crippen LogP) is 3.06. The van der Waals surface area contributed by atoms with Crippen LogP contribution in [0.15, 0.2) is 12.1 Å². The minimum atomic E-state index is 0. The number of nitrogens with one attached hydrogen (secondary N) is 2. The maximum Gasteiger partial charge on any atom is 0.223 e. The molecule has 2 atom stereocenters. The van der Waals surface area contributed by atoms with Crippen molar-refractivity contribution in [3.63, 3.8) is 0 Å². The molecule has 1 aromatic rings. The van der Waals surface area contributed by atoms with Crippen LogP contribution in [0.5, 0.6) is 5.75 Å². The predicted molar refractivity (Wildman–Crippen MR) is 96.6 cm³/mol. The largest absolute Gasteiger partial charge is 0.493 e. The third-order valence-electron chi connectivity index (χ3n) is 4.46. The van der Waals surface area contributed by atoms with Crippen LogP contribution in [0, 0.1) is 20.8 Å². The molecule has 1 aromatic carbocycles. The van der Waals surface area contributed by atoms with Crippen molar-refractivity contribution >= 4 is 18.3 Å². The van der Waals surface area contributed by atoms with Gasteiger partial charge in [-0.2, -0.15) is 0 Å². The SMILES string of the molecule is Cc1cc(C)c(C)c(OCCC(=O)NC2CCCNC2C)c1.Cl. The van der Waals surface area contributed by atoms with Gasteiger partial charge in [-0.3, -0.25) is 4.79 Å². The molecule has 1 amide bonds. The van der Waals surface area contributed by atoms with Gasteiger partial charge in [0.2, 0.25) is 5.91 Å². The van der Waals surface area contributed by atoms with Gasteiger partial charge in [0.25, 0.3) is 0 Å². The molecule has 0 saturated carbocycles. The monoisotopic (exact) mass is 340 g/mol. The van der Waals surface area contributed by atoms with E-state index in [4.69, 9.17) is 4.74 Å². The maximum absolute atomic E-state index is 12.0. The van der Waals surface area contributed by atoms with Crippen molar-refractivity contribution in [2.45, 2.75) is 59.0 Å². The lowest BCUT2D eigenvalue weighted by molar-refractivity contribution is -0.122. The number of rotatable bonds is 5. The molecule has 0 radical (unpaired) electrons. The molecule has 1 saturated heterocycles. The van der Waals surface area contributed by atoms with Crippen LogP contribution in [0.25, 0.3) is 0 Å². The Morgan fingerprint density at radius 1 is 1.35 bits per heavy atom. The molecule has 0 aliphatic carbocycles. The summed E-state index contributed by atoms with van der Waals surface area (Å²) in [5.74, 6) is 0.959. The Morgan fingerprint density at radius 3 is 2.78 bits per heavy atom. The van der Waals surface area contributed by atoms with Crippen LogP contribution in [0.2, 0.25) is 0 Å². The van der Waals surface area contributed by atoms with E-state index in [9.17, 15) is 4.79 Å². The van der Waals surface area contributed by atoms with Gasteiger partial charge in [-0.1, -0.05) is 6.07 Å². The van der Waals surface area contributed by atoms with Crippen molar-refractivity contribution in [3.8, 4) is 5.75 Å². The summed E-state index contributed by atoms with van der Waals surface area (Å²) in [4.78, 5) is 12.0. The third-order valence-corrected chi connectivity index (χ3v) is 4.46. The molecule has 23 heavy (non-hydrogen) atoms. The molecule has 1 heterocycles. The first-order valence-electron chi connectivity index (χ1n) is 8.21. The van der Waals surface area contributed by atoms with Gasteiger partial charge >= 0.3 is 0 Å². The lowest BCUT2D eigenvalue weighted by Gasteiger charge is -2.30. The average Bonchev–Trinajstić information content (AvgIpc) is 2.46. The minimum Gasteiger partial charge on any atom is -0.493 e. The summed E-state index contributed by atoms with van der Waals surface area (Å²) in [6, 6.07) is 4.77. The Kier molecular flexibility index (Phi) is 7.86. The molecule has 2 N–H and O–H groups in total. The summed E-state index contributed by atoms with van der Waals surface area (Å²) in [6.45, 7) is 9.79. The fraction of sp³-hybridized carbons (Fsp3) is 0.611. The molecule has 0 bridgehead atoms. The topological polar surface area (TPSA) is 50.4 Å². The van der Waals surface area contributed by atoms with Gasteiger partial charge in [-0.15, -0.1) is 12.4 Å². The van der Waals surface area contributed by atoms with E-state index >= 15 is 0 Å². The molecular weight excluding hydrogens is 312 g/mol. The Hall–Kier alpha value is -1.26. The number of ether oxygens (including phenoxy) is 1. The van der Waals surface area contributed by atoms with Crippen molar-refractivity contribution in [1.82, 2.24) is 10.6 Å². The fourth-order valence-electron chi connectivity index (χ4n) is 2.92. The molecule has 2 rings (SSSR count). The molecular formula is C18H29ClN2O2. The second kappa shape index (κ2) is 9.14. The summed E-state index contributed by atoms with van der Waals surface area (Å²) in [5, 5.41) is 6.50. The van der Waals surface area contributed by atoms with Gasteiger partial charge in [0, 0.05) is 12.1 Å². The van der Waals surface area contributed by atoms with E-state index in [1.54, 1.807) is 0 Å². The van der Waals surface area contributed by atoms with E-state index in [1.807, 2.05) is 6.07 Å². The quantitative estimate of drug-likeness (QED) is 0.866. The first-order chi connectivity index (χ1) is 10.5. The highest BCUT2D eigenvalue weighted by atomic mass is 35.5. The molecule has 2 unspecified atom stereocenters. The third kappa shape index (κ3) is 5.70. The van der Waals surface area contributed by atoms with Crippen LogP contribution >= 0.6 is 12.4 Å². The van der Waals surface area contributed by atoms with Gasteiger partial charge in [0.15, 0.2) is 0 Å². The van der Waals surface area contributed by atoms with E-state index < -0.39 is 0 Å². The number of amides is 1. The normalized spacial score (nSPS) is 20.5. The number of hydrogen-bond donors (Lipinski definition) is 2. The van der Waals surface area contributed by atoms with E-state index in [2.05, 4.69) is 44.4 Å². The van der Waals surface area contributed by atoms with Gasteiger partial charge in [0.1, 0.15) is 5.75 Å². The van der Waals surface area contributed by atoms with Crippen molar-refractivity contribution < 1.29 is 9.53 Å². The standard InChI is InChI=1S/C18H28N2O2.ClH/c1-12-10-13(2)14(3)17(11-12)22-9-7-18(21)20-16-6-5-8-19-15(16)4;/h10-11,15-16,19H,5-9H2,1-4H3,(H,20,21);1H. The highest BCUT2D eigenvalue weighted by Gasteiger charge is 2.22. The van der Waals surface area contributed by atoms with Crippen LogP contribution in [0.1, 0.15) is 42.9 Å². The summed E-state index contributed by atoms with van der Waals surface area (Å²) < 4.78 is 5.81. The highest BCUT2D eigenvalue weighted by molar-refractivity contribution is 5.85. The molecule has 5 heteroatoms. The van der Waals surface area contributed by atoms with Crippen molar-refractivity contribution in [2.24, 2.45) is 0 Å². The van der Waals surface area contributed by atoms with Gasteiger partial charge in [-0.25, -0.2) is 0 Å². The van der Waals surface area contributed by atoms with E-state index in [-0.39, 0.29) is 24.4 Å². The Labute approximate surface area is 145 Å². The number of hydrogen-bond acceptors (Lipinski definition) is 3. The van der Waals surface area contributed by atoms with Crippen LogP contribution in [0.3, 0.4) is 0 Å². The second-order valence-corrected chi connectivity index (χ2v) is 6.36. The average molecular weight is 341 g/mol. The lowest BCUT2D eigenvalue weighted by atomic mass is 10.00. The summed E-state index contributed by atoms with van der Waals surface area (Å²) in [5.41, 5.74) is 3.56.